The summed E-state index contributed by atoms with van der Waals surface area (Å²) in [6, 6.07) is 11.7. The van der Waals surface area contributed by atoms with E-state index >= 15 is 0 Å². The minimum absolute atomic E-state index is 0.0180. The molecule has 0 aliphatic rings. The van der Waals surface area contributed by atoms with Gasteiger partial charge in [-0.05, 0) is 17.7 Å². The predicted octanol–water partition coefficient (Wildman–Crippen LogP) is 0.794. The van der Waals surface area contributed by atoms with Crippen LogP contribution < -0.4 is 21.9 Å². The van der Waals surface area contributed by atoms with Gasteiger partial charge in [0.15, 0.2) is 5.69 Å². The third kappa shape index (κ3) is 5.15. The van der Waals surface area contributed by atoms with E-state index in [-0.39, 0.29) is 42.5 Å². The highest BCUT2D eigenvalue weighted by Crippen LogP contribution is 2.22. The van der Waals surface area contributed by atoms with Crippen molar-refractivity contribution >= 4 is 23.4 Å². The van der Waals surface area contributed by atoms with Gasteiger partial charge in [-0.15, -0.1) is 0 Å². The lowest BCUT2D eigenvalue weighted by atomic mass is 10.1. The number of nitrogens with two attached hydrogens (primary N) is 1. The average molecular weight is 453 g/mol. The van der Waals surface area contributed by atoms with Gasteiger partial charge in [0.05, 0.1) is 32.4 Å². The fraction of sp³-hybridized carbons (Fsp3) is 0.227. The molecule has 0 bridgehead atoms. The molecule has 11 heteroatoms. The van der Waals surface area contributed by atoms with E-state index < -0.39 is 23.1 Å². The number of anilines is 2. The summed E-state index contributed by atoms with van der Waals surface area (Å²) in [4.78, 5) is 57.6. The largest absolute Gasteiger partial charge is 0.465 e. The maximum Gasteiger partial charge on any atom is 0.339 e. The molecule has 3 rings (SSSR count). The molecule has 0 spiro atoms. The summed E-state index contributed by atoms with van der Waals surface area (Å²) in [7, 11) is 2.69. The number of nitrogens with zero attached hydrogens (tertiary/aromatic N) is 3. The highest BCUT2D eigenvalue weighted by atomic mass is 16.5. The van der Waals surface area contributed by atoms with Crippen LogP contribution in [-0.2, 0) is 22.6 Å². The first-order chi connectivity index (χ1) is 15.9. The van der Waals surface area contributed by atoms with Crippen molar-refractivity contribution in [2.24, 2.45) is 0 Å². The van der Waals surface area contributed by atoms with Crippen LogP contribution in [0.5, 0.6) is 0 Å². The van der Waals surface area contributed by atoms with Crippen molar-refractivity contribution in [2.45, 2.75) is 13.1 Å². The molecule has 0 atom stereocenters. The Kier molecular flexibility index (Phi) is 7.36. The fourth-order valence-electron chi connectivity index (χ4n) is 3.16. The molecule has 2 aromatic heterocycles. The summed E-state index contributed by atoms with van der Waals surface area (Å²) < 4.78 is 10.8. The number of aromatic nitrogens is 3. The fourth-order valence-corrected chi connectivity index (χ4v) is 3.16. The van der Waals surface area contributed by atoms with Crippen molar-refractivity contribution in [3.63, 3.8) is 0 Å². The van der Waals surface area contributed by atoms with Crippen molar-refractivity contribution in [2.75, 3.05) is 31.5 Å². The molecule has 1 aromatic carbocycles. The predicted molar refractivity (Wildman–Crippen MR) is 120 cm³/mol. The van der Waals surface area contributed by atoms with Gasteiger partial charge in [-0.3, -0.25) is 29.0 Å². The minimum Gasteiger partial charge on any atom is -0.465 e. The van der Waals surface area contributed by atoms with Gasteiger partial charge in [0, 0.05) is 13.3 Å². The number of esters is 1. The highest BCUT2D eigenvalue weighted by Gasteiger charge is 2.26. The van der Waals surface area contributed by atoms with E-state index in [2.05, 4.69) is 14.7 Å². The maximum absolute atomic E-state index is 13.4. The van der Waals surface area contributed by atoms with Gasteiger partial charge in [-0.1, -0.05) is 30.3 Å². The van der Waals surface area contributed by atoms with Crippen molar-refractivity contribution in [3.8, 4) is 0 Å². The molecule has 0 saturated carbocycles. The number of nitrogens with one attached hydrogen (secondary N) is 1. The summed E-state index contributed by atoms with van der Waals surface area (Å²) in [5.41, 5.74) is 5.30. The number of methoxy groups -OCH3 is 2. The molecule has 2 heterocycles. The summed E-state index contributed by atoms with van der Waals surface area (Å²) in [5.74, 6) is -1.44. The summed E-state index contributed by atoms with van der Waals surface area (Å²) in [6.45, 7) is 0.221. The Morgan fingerprint density at radius 2 is 1.85 bits per heavy atom. The zero-order chi connectivity index (χ0) is 24.0. The van der Waals surface area contributed by atoms with E-state index in [1.54, 1.807) is 24.3 Å². The van der Waals surface area contributed by atoms with Crippen LogP contribution in [0.15, 0.2) is 58.3 Å². The molecular weight excluding hydrogens is 430 g/mol. The number of amides is 1. The van der Waals surface area contributed by atoms with E-state index in [0.29, 0.717) is 5.56 Å². The van der Waals surface area contributed by atoms with Gasteiger partial charge in [-0.25, -0.2) is 9.59 Å². The number of hydrogen-bond acceptors (Lipinski definition) is 8. The average Bonchev–Trinajstić information content (AvgIpc) is 2.83. The van der Waals surface area contributed by atoms with Gasteiger partial charge >= 0.3 is 11.7 Å². The van der Waals surface area contributed by atoms with Crippen LogP contribution in [0, 0.1) is 0 Å². The lowest BCUT2D eigenvalue weighted by Gasteiger charge is -2.24. The molecule has 1 amide bonds. The summed E-state index contributed by atoms with van der Waals surface area (Å²) in [6.07, 6.45) is 1.20. The molecule has 11 nitrogen and oxygen atoms in total. The number of carbonyl (C=O) groups excluding carboxylic acids is 2. The van der Waals surface area contributed by atoms with Crippen LogP contribution in [0.25, 0.3) is 0 Å². The van der Waals surface area contributed by atoms with E-state index in [9.17, 15) is 19.2 Å². The van der Waals surface area contributed by atoms with Crippen molar-refractivity contribution in [3.05, 3.63) is 86.3 Å². The maximum atomic E-state index is 13.4. The van der Waals surface area contributed by atoms with Crippen LogP contribution in [0.3, 0.4) is 0 Å². The third-order valence-electron chi connectivity index (χ3n) is 4.84. The quantitative estimate of drug-likeness (QED) is 0.476. The second kappa shape index (κ2) is 10.4. The molecular formula is C22H23N5O6. The standard InChI is InChI=1S/C22H23N5O6/c1-32-11-10-26-18(23)17(19(28)25-22(26)31)27(13-14-6-4-3-5-7-14)20(29)16-9-8-15(12-24-16)21(30)33-2/h3-9,12H,10-11,13,23H2,1-2H3,(H,25,28,31). The van der Waals surface area contributed by atoms with E-state index in [4.69, 9.17) is 10.5 Å². The number of ether oxygens (including phenoxy) is 2. The molecule has 0 aliphatic carbocycles. The molecule has 0 fully saturated rings. The van der Waals surface area contributed by atoms with Crippen LogP contribution in [0.1, 0.15) is 26.4 Å². The van der Waals surface area contributed by atoms with Crippen LogP contribution in [0.2, 0.25) is 0 Å². The van der Waals surface area contributed by atoms with Gasteiger partial charge in [0.25, 0.3) is 11.5 Å². The van der Waals surface area contributed by atoms with Crippen LogP contribution in [-0.4, -0.2) is 47.2 Å². The van der Waals surface area contributed by atoms with Crippen molar-refractivity contribution in [1.29, 1.82) is 0 Å². The zero-order valence-electron chi connectivity index (χ0n) is 18.1. The third-order valence-corrected chi connectivity index (χ3v) is 4.84. The summed E-state index contributed by atoms with van der Waals surface area (Å²) >= 11 is 0. The molecule has 3 N–H and O–H groups in total. The van der Waals surface area contributed by atoms with Crippen LogP contribution >= 0.6 is 0 Å². The van der Waals surface area contributed by atoms with Gasteiger partial charge in [0.2, 0.25) is 0 Å². The minimum atomic E-state index is -0.818. The number of carbonyl (C=O) groups is 2. The topological polar surface area (TPSA) is 150 Å². The van der Waals surface area contributed by atoms with Crippen molar-refractivity contribution in [1.82, 2.24) is 14.5 Å². The van der Waals surface area contributed by atoms with Gasteiger partial charge < -0.3 is 15.2 Å². The Morgan fingerprint density at radius 3 is 2.45 bits per heavy atom. The molecule has 0 unspecified atom stereocenters. The Balaban J connectivity index is 2.11. The number of aromatic amines is 1. The van der Waals surface area contributed by atoms with E-state index in [1.807, 2.05) is 6.07 Å². The molecule has 3 aromatic rings. The highest BCUT2D eigenvalue weighted by molar-refractivity contribution is 6.06. The summed E-state index contributed by atoms with van der Waals surface area (Å²) in [5, 5.41) is 0. The Morgan fingerprint density at radius 1 is 1.12 bits per heavy atom. The monoisotopic (exact) mass is 453 g/mol. The first kappa shape index (κ1) is 23.4. The second-order valence-corrected chi connectivity index (χ2v) is 6.94. The molecule has 0 radical (unpaired) electrons. The molecule has 0 saturated heterocycles. The van der Waals surface area contributed by atoms with Crippen molar-refractivity contribution < 1.29 is 19.1 Å². The molecule has 0 aliphatic heterocycles. The SMILES string of the molecule is COCCn1c(N)c(N(Cc2ccccc2)C(=O)c2ccc(C(=O)OC)cn2)c(=O)[nH]c1=O. The number of benzene rings is 1. The van der Waals surface area contributed by atoms with E-state index in [0.717, 1.165) is 9.47 Å². The van der Waals surface area contributed by atoms with Gasteiger partial charge in [-0.2, -0.15) is 0 Å². The molecule has 172 valence electrons. The first-order valence-electron chi connectivity index (χ1n) is 9.89. The van der Waals surface area contributed by atoms with Gasteiger partial charge in [0.1, 0.15) is 11.5 Å². The molecule has 33 heavy (non-hydrogen) atoms. The smallest absolute Gasteiger partial charge is 0.339 e. The zero-order valence-corrected chi connectivity index (χ0v) is 18.1. The van der Waals surface area contributed by atoms with E-state index in [1.165, 1.54) is 32.5 Å². The normalized spacial score (nSPS) is 10.6. The Labute approximate surface area is 188 Å². The second-order valence-electron chi connectivity index (χ2n) is 6.94. The Hall–Kier alpha value is -4.25. The first-order valence-corrected chi connectivity index (χ1v) is 9.89. The van der Waals surface area contributed by atoms with Crippen LogP contribution in [0.4, 0.5) is 11.5 Å². The lowest BCUT2D eigenvalue weighted by molar-refractivity contribution is 0.0599. The number of nitrogen functional groups attached to an aromatic ring is 1. The number of hydrogen-bond donors (Lipinski definition) is 2. The lowest BCUT2D eigenvalue weighted by Crippen LogP contribution is -2.41. The number of pyridine rings is 1. The Bertz CT molecular complexity index is 1250. The number of H-pyrrole nitrogens is 1. The number of rotatable bonds is 8.